The monoisotopic (exact) mass is 488 g/mol. The highest BCUT2D eigenvalue weighted by Gasteiger charge is 2.20. The van der Waals surface area contributed by atoms with E-state index >= 15 is 0 Å². The van der Waals surface area contributed by atoms with Crippen LogP contribution in [0, 0.1) is 13.8 Å². The molecule has 0 amide bonds. The third-order valence-electron chi connectivity index (χ3n) is 5.95. The summed E-state index contributed by atoms with van der Waals surface area (Å²) in [6.45, 7) is 17.6. The van der Waals surface area contributed by atoms with Crippen molar-refractivity contribution in [2.24, 2.45) is 9.98 Å². The molecule has 0 bridgehead atoms. The van der Waals surface area contributed by atoms with Gasteiger partial charge in [0.15, 0.2) is 0 Å². The highest BCUT2D eigenvalue weighted by Crippen LogP contribution is 2.24. The molecule has 3 rings (SSSR count). The summed E-state index contributed by atoms with van der Waals surface area (Å²) in [4.78, 5) is 9.14. The van der Waals surface area contributed by atoms with Crippen LogP contribution in [0.5, 0.6) is 11.5 Å². The molecule has 0 radical (unpaired) electrons. The van der Waals surface area contributed by atoms with Crippen molar-refractivity contribution in [1.82, 2.24) is 0 Å². The standard InChI is InChI=1S/C28H36N2O2Si2/c1-19-13-25(33(3,4)5)15-21(27(19)31)17-29-23-9-11-24(12-10-23)30-18-22-16-26(34(6,7)8)14-20(2)28(22)32/h9-18,31-32H,1-8H3. The van der Waals surface area contributed by atoms with E-state index in [1.165, 1.54) is 10.4 Å². The normalized spacial score (nSPS) is 12.7. The van der Waals surface area contributed by atoms with Crippen LogP contribution in [0.25, 0.3) is 0 Å². The van der Waals surface area contributed by atoms with Crippen LogP contribution in [0.2, 0.25) is 39.3 Å². The maximum atomic E-state index is 10.5. The molecule has 0 aliphatic rings. The fourth-order valence-corrected chi connectivity index (χ4v) is 6.07. The van der Waals surface area contributed by atoms with Gasteiger partial charge in [-0.2, -0.15) is 0 Å². The van der Waals surface area contributed by atoms with Crippen LogP contribution < -0.4 is 10.4 Å². The zero-order chi connectivity index (χ0) is 25.3. The first-order valence-electron chi connectivity index (χ1n) is 11.6. The Kier molecular flexibility index (Phi) is 7.33. The van der Waals surface area contributed by atoms with E-state index in [2.05, 4.69) is 73.5 Å². The van der Waals surface area contributed by atoms with Gasteiger partial charge >= 0.3 is 0 Å². The summed E-state index contributed by atoms with van der Waals surface area (Å²) in [5.41, 5.74) is 4.81. The molecule has 0 heterocycles. The highest BCUT2D eigenvalue weighted by molar-refractivity contribution is 6.89. The summed E-state index contributed by atoms with van der Waals surface area (Å²) in [5, 5.41) is 23.6. The van der Waals surface area contributed by atoms with E-state index in [1.54, 1.807) is 12.4 Å². The smallest absolute Gasteiger partial charge is 0.127 e. The van der Waals surface area contributed by atoms with Crippen molar-refractivity contribution < 1.29 is 10.2 Å². The molecule has 3 aromatic rings. The van der Waals surface area contributed by atoms with Gasteiger partial charge in [0.1, 0.15) is 11.5 Å². The minimum Gasteiger partial charge on any atom is -0.507 e. The van der Waals surface area contributed by atoms with E-state index in [9.17, 15) is 10.2 Å². The van der Waals surface area contributed by atoms with Crippen LogP contribution in [0.15, 0.2) is 58.5 Å². The van der Waals surface area contributed by atoms with Gasteiger partial charge in [0, 0.05) is 23.6 Å². The number of benzene rings is 3. The van der Waals surface area contributed by atoms with Gasteiger partial charge in [0.25, 0.3) is 0 Å². The van der Waals surface area contributed by atoms with Crippen LogP contribution in [0.1, 0.15) is 22.3 Å². The summed E-state index contributed by atoms with van der Waals surface area (Å²) in [5.74, 6) is 0.560. The molecule has 0 aromatic heterocycles. The lowest BCUT2D eigenvalue weighted by Gasteiger charge is -2.19. The zero-order valence-electron chi connectivity index (χ0n) is 21.6. The van der Waals surface area contributed by atoms with Crippen LogP contribution >= 0.6 is 0 Å². The van der Waals surface area contributed by atoms with Crippen LogP contribution in [-0.4, -0.2) is 38.8 Å². The quantitative estimate of drug-likeness (QED) is 0.315. The fraction of sp³-hybridized carbons (Fsp3) is 0.286. The number of phenols is 2. The summed E-state index contributed by atoms with van der Waals surface area (Å²) in [7, 11) is -3.00. The van der Waals surface area contributed by atoms with E-state index in [0.717, 1.165) is 33.6 Å². The maximum absolute atomic E-state index is 10.5. The predicted molar refractivity (Wildman–Crippen MR) is 153 cm³/mol. The van der Waals surface area contributed by atoms with Crippen molar-refractivity contribution in [2.45, 2.75) is 53.1 Å². The summed E-state index contributed by atoms with van der Waals surface area (Å²) in [6.07, 6.45) is 3.46. The molecule has 0 saturated carbocycles. The number of nitrogens with zero attached hydrogens (tertiary/aromatic N) is 2. The first kappa shape index (κ1) is 25.7. The van der Waals surface area contributed by atoms with E-state index in [1.807, 2.05) is 38.1 Å². The number of aryl methyl sites for hydroxylation is 2. The minimum atomic E-state index is -1.50. The number of aromatic hydroxyl groups is 2. The highest BCUT2D eigenvalue weighted by atomic mass is 28.3. The molecular weight excluding hydrogens is 452 g/mol. The number of hydrogen-bond donors (Lipinski definition) is 2. The van der Waals surface area contributed by atoms with E-state index in [-0.39, 0.29) is 11.5 Å². The van der Waals surface area contributed by atoms with E-state index in [0.29, 0.717) is 0 Å². The van der Waals surface area contributed by atoms with Crippen molar-refractivity contribution in [3.05, 3.63) is 70.8 Å². The van der Waals surface area contributed by atoms with Crippen LogP contribution in [-0.2, 0) is 0 Å². The zero-order valence-corrected chi connectivity index (χ0v) is 23.6. The molecular formula is C28H36N2O2Si2. The lowest BCUT2D eigenvalue weighted by atomic mass is 10.1. The number of phenolic OH excluding ortho intramolecular Hbond substituents is 2. The van der Waals surface area contributed by atoms with E-state index in [4.69, 9.17) is 0 Å². The second-order valence-electron chi connectivity index (χ2n) is 11.0. The lowest BCUT2D eigenvalue weighted by Crippen LogP contribution is -2.38. The summed E-state index contributed by atoms with van der Waals surface area (Å²) >= 11 is 0. The third-order valence-corrected chi connectivity index (χ3v) is 9.99. The Morgan fingerprint density at radius 2 is 0.912 bits per heavy atom. The minimum absolute atomic E-state index is 0.280. The molecule has 0 aliphatic heterocycles. The fourth-order valence-electron chi connectivity index (χ4n) is 3.59. The van der Waals surface area contributed by atoms with Crippen LogP contribution in [0.3, 0.4) is 0 Å². The third kappa shape index (κ3) is 6.13. The SMILES string of the molecule is Cc1cc([Si](C)(C)C)cc(C=Nc2ccc(N=Cc3cc([Si](C)(C)C)cc(C)c3O)cc2)c1O. The van der Waals surface area contributed by atoms with Gasteiger partial charge in [-0.25, -0.2) is 0 Å². The summed E-state index contributed by atoms with van der Waals surface area (Å²) in [6, 6.07) is 15.9. The molecule has 178 valence electrons. The molecule has 0 saturated heterocycles. The Labute approximate surface area is 205 Å². The van der Waals surface area contributed by atoms with Crippen molar-refractivity contribution >= 4 is 50.3 Å². The van der Waals surface area contributed by atoms with E-state index < -0.39 is 16.1 Å². The van der Waals surface area contributed by atoms with Gasteiger partial charge in [-0.05, 0) is 49.2 Å². The molecule has 2 N–H and O–H groups in total. The van der Waals surface area contributed by atoms with Gasteiger partial charge in [-0.3, -0.25) is 9.98 Å². The van der Waals surface area contributed by atoms with Crippen molar-refractivity contribution in [3.8, 4) is 11.5 Å². The van der Waals surface area contributed by atoms with Crippen molar-refractivity contribution in [2.75, 3.05) is 0 Å². The predicted octanol–water partition coefficient (Wildman–Crippen LogP) is 6.31. The van der Waals surface area contributed by atoms with Crippen LogP contribution in [0.4, 0.5) is 11.4 Å². The second kappa shape index (κ2) is 9.72. The Morgan fingerprint density at radius 1 is 0.588 bits per heavy atom. The summed E-state index contributed by atoms with van der Waals surface area (Å²) < 4.78 is 0. The molecule has 34 heavy (non-hydrogen) atoms. The molecule has 0 atom stereocenters. The molecule has 4 nitrogen and oxygen atoms in total. The largest absolute Gasteiger partial charge is 0.507 e. The Bertz CT molecular complexity index is 1150. The van der Waals surface area contributed by atoms with Gasteiger partial charge < -0.3 is 10.2 Å². The van der Waals surface area contributed by atoms with Gasteiger partial charge in [0.05, 0.1) is 27.5 Å². The molecule has 0 aliphatic carbocycles. The lowest BCUT2D eigenvalue weighted by molar-refractivity contribution is 0.470. The first-order valence-corrected chi connectivity index (χ1v) is 18.6. The average molecular weight is 489 g/mol. The molecule has 0 fully saturated rings. The number of aliphatic imine (C=N–C) groups is 2. The van der Waals surface area contributed by atoms with Gasteiger partial charge in [-0.1, -0.05) is 73.9 Å². The maximum Gasteiger partial charge on any atom is 0.127 e. The first-order chi connectivity index (χ1) is 15.8. The average Bonchev–Trinajstić information content (AvgIpc) is 2.74. The molecule has 0 spiro atoms. The Balaban J connectivity index is 1.82. The second-order valence-corrected chi connectivity index (χ2v) is 21.1. The van der Waals surface area contributed by atoms with Crippen molar-refractivity contribution in [1.29, 1.82) is 0 Å². The van der Waals surface area contributed by atoms with Crippen molar-refractivity contribution in [3.63, 3.8) is 0 Å². The number of rotatable bonds is 6. The topological polar surface area (TPSA) is 65.2 Å². The Morgan fingerprint density at radius 3 is 1.21 bits per heavy atom. The van der Waals surface area contributed by atoms with Gasteiger partial charge in [0.2, 0.25) is 0 Å². The Hall–Kier alpha value is -2.97. The number of hydrogen-bond acceptors (Lipinski definition) is 4. The molecule has 0 unspecified atom stereocenters. The molecule has 3 aromatic carbocycles. The molecule has 6 heteroatoms. The van der Waals surface area contributed by atoms with Gasteiger partial charge in [-0.15, -0.1) is 0 Å².